The molecule has 0 bridgehead atoms. The minimum absolute atomic E-state index is 0.800. The van der Waals surface area contributed by atoms with Crippen molar-refractivity contribution >= 4 is 33.8 Å². The molecule has 25 heavy (non-hydrogen) atoms. The van der Waals surface area contributed by atoms with Crippen molar-refractivity contribution in [2.75, 3.05) is 18.4 Å². The molecule has 130 valence electrons. The Morgan fingerprint density at radius 3 is 2.84 bits per heavy atom. The number of rotatable bonds is 4. The summed E-state index contributed by atoms with van der Waals surface area (Å²) in [5.74, 6) is 0.800. The van der Waals surface area contributed by atoms with Crippen molar-refractivity contribution in [1.29, 1.82) is 0 Å². The minimum atomic E-state index is 0.800. The molecule has 0 unspecified atom stereocenters. The summed E-state index contributed by atoms with van der Waals surface area (Å²) < 4.78 is 1.94. The lowest BCUT2D eigenvalue weighted by molar-refractivity contribution is 0.653. The summed E-state index contributed by atoms with van der Waals surface area (Å²) in [6, 6.07) is 0. The van der Waals surface area contributed by atoms with E-state index in [1.807, 2.05) is 22.4 Å². The van der Waals surface area contributed by atoms with E-state index in [2.05, 4.69) is 38.8 Å². The molecule has 3 aromatic rings. The van der Waals surface area contributed by atoms with Crippen LogP contribution in [0.25, 0.3) is 22.0 Å². The monoisotopic (exact) mass is 373 g/mol. The van der Waals surface area contributed by atoms with Gasteiger partial charge in [-0.3, -0.25) is 9.67 Å². The topological polar surface area (TPSA) is 80.0 Å². The molecule has 0 spiro atoms. The molecule has 7 nitrogen and oxygen atoms in total. The summed E-state index contributed by atoms with van der Waals surface area (Å²) >= 11 is 3.18. The minimum Gasteiger partial charge on any atom is -0.356 e. The highest BCUT2D eigenvalue weighted by Crippen LogP contribution is 2.31. The summed E-state index contributed by atoms with van der Waals surface area (Å²) in [7, 11) is 0. The van der Waals surface area contributed by atoms with Crippen LogP contribution in [0.15, 0.2) is 21.9 Å². The maximum atomic E-state index is 4.76. The molecular formula is C16H19N7S2. The van der Waals surface area contributed by atoms with Gasteiger partial charge in [0.1, 0.15) is 16.4 Å². The van der Waals surface area contributed by atoms with Gasteiger partial charge in [-0.2, -0.15) is 5.10 Å². The molecule has 4 rings (SSSR count). The van der Waals surface area contributed by atoms with E-state index < -0.39 is 0 Å². The van der Waals surface area contributed by atoms with Gasteiger partial charge in [0.05, 0.1) is 11.3 Å². The van der Waals surface area contributed by atoms with Crippen molar-refractivity contribution in [3.05, 3.63) is 22.7 Å². The lowest BCUT2D eigenvalue weighted by atomic mass is 10.3. The summed E-state index contributed by atoms with van der Waals surface area (Å²) in [5, 5.41) is 16.8. The molecule has 1 aliphatic rings. The Kier molecular flexibility index (Phi) is 4.50. The lowest BCUT2D eigenvalue weighted by Crippen LogP contribution is -2.35. The van der Waals surface area contributed by atoms with Crippen LogP contribution in [0.1, 0.15) is 19.0 Å². The zero-order valence-corrected chi connectivity index (χ0v) is 15.7. The van der Waals surface area contributed by atoms with E-state index in [4.69, 9.17) is 4.98 Å². The first kappa shape index (κ1) is 16.2. The number of hydrogen-bond acceptors (Lipinski definition) is 8. The number of aromatic nitrogens is 4. The molecule has 0 aliphatic carbocycles. The van der Waals surface area contributed by atoms with Crippen LogP contribution in [0.3, 0.4) is 0 Å². The fourth-order valence-corrected chi connectivity index (χ4v) is 4.15. The third kappa shape index (κ3) is 3.42. The molecule has 2 N–H and O–H groups in total. The van der Waals surface area contributed by atoms with Gasteiger partial charge in [0, 0.05) is 36.6 Å². The van der Waals surface area contributed by atoms with E-state index in [-0.39, 0.29) is 0 Å². The van der Waals surface area contributed by atoms with Crippen LogP contribution < -0.4 is 10.6 Å². The quantitative estimate of drug-likeness (QED) is 0.734. The van der Waals surface area contributed by atoms with Gasteiger partial charge in [-0.15, -0.1) is 22.7 Å². The zero-order chi connectivity index (χ0) is 17.2. The molecule has 1 aliphatic heterocycles. The van der Waals surface area contributed by atoms with Crippen molar-refractivity contribution < 1.29 is 0 Å². The molecule has 0 amide bonds. The number of hydrogen-bond donors (Lipinski definition) is 2. The van der Waals surface area contributed by atoms with Crippen LogP contribution in [0.2, 0.25) is 0 Å². The third-order valence-electron chi connectivity index (χ3n) is 3.89. The van der Waals surface area contributed by atoms with Crippen LogP contribution >= 0.6 is 22.7 Å². The van der Waals surface area contributed by atoms with Gasteiger partial charge in [0.15, 0.2) is 11.1 Å². The number of nitrogens with zero attached hydrogens (tertiary/aromatic N) is 5. The first-order valence-electron chi connectivity index (χ1n) is 8.24. The lowest BCUT2D eigenvalue weighted by Gasteiger charge is -2.13. The molecule has 3 aromatic heterocycles. The van der Waals surface area contributed by atoms with E-state index >= 15 is 0 Å². The number of aliphatic imine (C=N–C) groups is 1. The van der Waals surface area contributed by atoms with Crippen LogP contribution in [-0.2, 0) is 6.54 Å². The van der Waals surface area contributed by atoms with Crippen LogP contribution in [0.4, 0.5) is 5.13 Å². The van der Waals surface area contributed by atoms with Crippen molar-refractivity contribution in [1.82, 2.24) is 25.1 Å². The van der Waals surface area contributed by atoms with E-state index in [1.54, 1.807) is 22.7 Å². The Labute approximate surface area is 153 Å². The molecule has 9 heteroatoms. The van der Waals surface area contributed by atoms with Crippen molar-refractivity contribution in [2.45, 2.75) is 26.8 Å². The van der Waals surface area contributed by atoms with Gasteiger partial charge in [0.25, 0.3) is 0 Å². The maximum absolute atomic E-state index is 4.76. The summed E-state index contributed by atoms with van der Waals surface area (Å²) in [6.07, 6.45) is 3.13. The zero-order valence-electron chi connectivity index (χ0n) is 14.1. The fraction of sp³-hybridized carbons (Fsp3) is 0.375. The number of thiazole rings is 2. The molecule has 0 aromatic carbocycles. The molecule has 0 saturated carbocycles. The number of nitrogens with one attached hydrogen (secondary N) is 2. The van der Waals surface area contributed by atoms with Gasteiger partial charge < -0.3 is 10.6 Å². The van der Waals surface area contributed by atoms with Crippen LogP contribution in [-0.4, -0.2) is 38.8 Å². The van der Waals surface area contributed by atoms with Crippen LogP contribution in [0.5, 0.6) is 0 Å². The molecule has 0 atom stereocenters. The summed E-state index contributed by atoms with van der Waals surface area (Å²) in [5.41, 5.74) is 3.87. The largest absolute Gasteiger partial charge is 0.356 e. The van der Waals surface area contributed by atoms with E-state index in [1.165, 1.54) is 0 Å². The molecule has 0 saturated heterocycles. The Bertz CT molecular complexity index is 905. The van der Waals surface area contributed by atoms with E-state index in [0.29, 0.717) is 0 Å². The normalized spacial score (nSPS) is 14.2. The molecule has 0 fully saturated rings. The predicted octanol–water partition coefficient (Wildman–Crippen LogP) is 3.22. The first-order valence-corrected chi connectivity index (χ1v) is 10.00. The second kappa shape index (κ2) is 6.93. The first-order chi connectivity index (χ1) is 12.2. The second-order valence-electron chi connectivity index (χ2n) is 5.70. The summed E-state index contributed by atoms with van der Waals surface area (Å²) in [6.45, 7) is 6.76. The Morgan fingerprint density at radius 1 is 1.24 bits per heavy atom. The number of anilines is 1. The fourth-order valence-electron chi connectivity index (χ4n) is 2.57. The van der Waals surface area contributed by atoms with Crippen molar-refractivity contribution in [2.24, 2.45) is 4.99 Å². The number of guanidine groups is 1. The van der Waals surface area contributed by atoms with E-state index in [0.717, 1.165) is 64.8 Å². The Balaban J connectivity index is 1.54. The highest BCUT2D eigenvalue weighted by molar-refractivity contribution is 7.14. The van der Waals surface area contributed by atoms with Gasteiger partial charge in [-0.1, -0.05) is 0 Å². The molecular weight excluding hydrogens is 354 g/mol. The Morgan fingerprint density at radius 2 is 2.08 bits per heavy atom. The smallest absolute Gasteiger partial charge is 0.197 e. The predicted molar refractivity (Wildman–Crippen MR) is 103 cm³/mol. The Hall–Kier alpha value is -2.26. The van der Waals surface area contributed by atoms with Crippen molar-refractivity contribution in [3.63, 3.8) is 0 Å². The van der Waals surface area contributed by atoms with Gasteiger partial charge in [-0.05, 0) is 20.3 Å². The standard InChI is InChI=1S/C16H19N7S2/c1-3-23-7-11(10(2)22-23)14-19-12(8-24-14)13-9-25-16(20-13)21-15-17-5-4-6-18-15/h7-9H,3-6H2,1-2H3,(H2,17,18,20,21). The SMILES string of the molecule is CCn1cc(-c2nc(-c3csc(NC4=NCCCN4)n3)cs2)c(C)n1. The molecule has 0 radical (unpaired) electrons. The van der Waals surface area contributed by atoms with Gasteiger partial charge in [-0.25, -0.2) is 9.97 Å². The van der Waals surface area contributed by atoms with Gasteiger partial charge in [0.2, 0.25) is 0 Å². The average Bonchev–Trinajstić information content (AvgIpc) is 3.34. The highest BCUT2D eigenvalue weighted by Gasteiger charge is 2.14. The van der Waals surface area contributed by atoms with Gasteiger partial charge >= 0.3 is 0 Å². The van der Waals surface area contributed by atoms with Crippen LogP contribution in [0, 0.1) is 6.92 Å². The summed E-state index contributed by atoms with van der Waals surface area (Å²) in [4.78, 5) is 13.8. The average molecular weight is 374 g/mol. The molecule has 4 heterocycles. The number of aryl methyl sites for hydroxylation is 2. The second-order valence-corrected chi connectivity index (χ2v) is 7.41. The van der Waals surface area contributed by atoms with Crippen molar-refractivity contribution in [3.8, 4) is 22.0 Å². The third-order valence-corrected chi connectivity index (χ3v) is 5.53. The van der Waals surface area contributed by atoms with E-state index in [9.17, 15) is 0 Å². The maximum Gasteiger partial charge on any atom is 0.197 e. The highest BCUT2D eigenvalue weighted by atomic mass is 32.1.